The van der Waals surface area contributed by atoms with Gasteiger partial charge in [-0.3, -0.25) is 4.79 Å². The molecule has 0 aliphatic rings. The summed E-state index contributed by atoms with van der Waals surface area (Å²) in [7, 11) is 0. The van der Waals surface area contributed by atoms with Crippen LogP contribution in [0.4, 0.5) is 5.69 Å². The molecule has 0 bridgehead atoms. The van der Waals surface area contributed by atoms with Gasteiger partial charge >= 0.3 is 0 Å². The number of anilines is 1. The van der Waals surface area contributed by atoms with Crippen molar-refractivity contribution in [3.05, 3.63) is 65.7 Å². The van der Waals surface area contributed by atoms with E-state index in [0.717, 1.165) is 18.7 Å². The molecule has 0 spiro atoms. The molecule has 1 amide bonds. The number of hydrazone groups is 1. The highest BCUT2D eigenvalue weighted by Gasteiger charge is 2.02. The van der Waals surface area contributed by atoms with E-state index >= 15 is 0 Å². The van der Waals surface area contributed by atoms with Crippen molar-refractivity contribution >= 4 is 17.8 Å². The van der Waals surface area contributed by atoms with E-state index in [0.29, 0.717) is 5.56 Å². The van der Waals surface area contributed by atoms with Gasteiger partial charge in [0.2, 0.25) is 0 Å². The first-order valence-electron chi connectivity index (χ1n) is 7.48. The molecular formula is C18H21N3O. The Morgan fingerprint density at radius 3 is 2.27 bits per heavy atom. The number of carbonyl (C=O) groups is 1. The fraction of sp³-hybridized carbons (Fsp3) is 0.222. The molecule has 114 valence electrons. The minimum atomic E-state index is -0.211. The first-order valence-corrected chi connectivity index (χ1v) is 7.48. The maximum absolute atomic E-state index is 11.8. The average Bonchev–Trinajstić information content (AvgIpc) is 2.58. The Balaban J connectivity index is 1.95. The van der Waals surface area contributed by atoms with Gasteiger partial charge < -0.3 is 4.90 Å². The summed E-state index contributed by atoms with van der Waals surface area (Å²) in [6.07, 6.45) is 1.65. The number of hydrogen-bond acceptors (Lipinski definition) is 3. The van der Waals surface area contributed by atoms with Crippen molar-refractivity contribution in [3.8, 4) is 0 Å². The average molecular weight is 295 g/mol. The van der Waals surface area contributed by atoms with Crippen LogP contribution in [-0.4, -0.2) is 25.2 Å². The molecule has 0 radical (unpaired) electrons. The van der Waals surface area contributed by atoms with Crippen molar-refractivity contribution in [1.29, 1.82) is 0 Å². The lowest BCUT2D eigenvalue weighted by atomic mass is 10.2. The van der Waals surface area contributed by atoms with E-state index in [2.05, 4.69) is 41.4 Å². The van der Waals surface area contributed by atoms with E-state index in [9.17, 15) is 4.79 Å². The van der Waals surface area contributed by atoms with Gasteiger partial charge in [-0.05, 0) is 43.7 Å². The summed E-state index contributed by atoms with van der Waals surface area (Å²) in [4.78, 5) is 14.1. The minimum Gasteiger partial charge on any atom is -0.372 e. The minimum absolute atomic E-state index is 0.211. The normalized spacial score (nSPS) is 10.6. The van der Waals surface area contributed by atoms with Crippen LogP contribution in [0, 0.1) is 0 Å². The van der Waals surface area contributed by atoms with Crippen molar-refractivity contribution in [1.82, 2.24) is 5.43 Å². The maximum atomic E-state index is 11.8. The van der Waals surface area contributed by atoms with Crippen LogP contribution in [0.5, 0.6) is 0 Å². The molecule has 0 heterocycles. The smallest absolute Gasteiger partial charge is 0.271 e. The largest absolute Gasteiger partial charge is 0.372 e. The zero-order chi connectivity index (χ0) is 15.8. The number of amides is 1. The molecule has 1 N–H and O–H groups in total. The molecule has 2 aromatic carbocycles. The lowest BCUT2D eigenvalue weighted by molar-refractivity contribution is 0.0955. The molecule has 0 fully saturated rings. The second-order valence-corrected chi connectivity index (χ2v) is 4.83. The van der Waals surface area contributed by atoms with Gasteiger partial charge in [-0.1, -0.05) is 30.3 Å². The summed E-state index contributed by atoms with van der Waals surface area (Å²) in [5.41, 5.74) is 5.26. The van der Waals surface area contributed by atoms with E-state index in [4.69, 9.17) is 0 Å². The van der Waals surface area contributed by atoms with E-state index in [1.165, 1.54) is 5.69 Å². The third-order valence-corrected chi connectivity index (χ3v) is 3.44. The highest BCUT2D eigenvalue weighted by Crippen LogP contribution is 2.13. The lowest BCUT2D eigenvalue weighted by Crippen LogP contribution is -2.21. The van der Waals surface area contributed by atoms with E-state index in [1.54, 1.807) is 18.3 Å². The molecule has 0 aromatic heterocycles. The zero-order valence-electron chi connectivity index (χ0n) is 13.0. The Kier molecular flexibility index (Phi) is 5.72. The summed E-state index contributed by atoms with van der Waals surface area (Å²) in [5, 5.41) is 3.99. The highest BCUT2D eigenvalue weighted by molar-refractivity contribution is 5.94. The molecule has 0 aliphatic heterocycles. The van der Waals surface area contributed by atoms with Crippen molar-refractivity contribution in [3.63, 3.8) is 0 Å². The Labute approximate surface area is 131 Å². The lowest BCUT2D eigenvalue weighted by Gasteiger charge is -2.20. The van der Waals surface area contributed by atoms with Crippen LogP contribution in [0.2, 0.25) is 0 Å². The van der Waals surface area contributed by atoms with Gasteiger partial charge in [-0.25, -0.2) is 5.43 Å². The maximum Gasteiger partial charge on any atom is 0.271 e. The molecule has 2 rings (SSSR count). The Morgan fingerprint density at radius 1 is 1.05 bits per heavy atom. The predicted molar refractivity (Wildman–Crippen MR) is 91.5 cm³/mol. The standard InChI is InChI=1S/C18H21N3O/c1-3-21(4-2)17-12-10-15(11-13-17)14-19-20-18(22)16-8-6-5-7-9-16/h5-14H,3-4H2,1-2H3,(H,20,22)/b19-14+. The van der Waals surface area contributed by atoms with Crippen LogP contribution < -0.4 is 10.3 Å². The third kappa shape index (κ3) is 4.19. The molecule has 0 unspecified atom stereocenters. The molecule has 2 aromatic rings. The summed E-state index contributed by atoms with van der Waals surface area (Å²) in [6.45, 7) is 6.24. The van der Waals surface area contributed by atoms with Gasteiger partial charge in [0.05, 0.1) is 6.21 Å². The van der Waals surface area contributed by atoms with Crippen LogP contribution in [0.3, 0.4) is 0 Å². The first kappa shape index (κ1) is 15.8. The number of rotatable bonds is 6. The van der Waals surface area contributed by atoms with Crippen molar-refractivity contribution in [2.24, 2.45) is 5.10 Å². The van der Waals surface area contributed by atoms with Gasteiger partial charge in [0.15, 0.2) is 0 Å². The Morgan fingerprint density at radius 2 is 1.68 bits per heavy atom. The number of benzene rings is 2. The number of nitrogens with zero attached hydrogens (tertiary/aromatic N) is 2. The number of carbonyl (C=O) groups excluding carboxylic acids is 1. The quantitative estimate of drug-likeness (QED) is 0.656. The summed E-state index contributed by atoms with van der Waals surface area (Å²) in [6, 6.07) is 17.1. The summed E-state index contributed by atoms with van der Waals surface area (Å²) in [5.74, 6) is -0.211. The second-order valence-electron chi connectivity index (χ2n) is 4.83. The molecule has 4 nitrogen and oxygen atoms in total. The SMILES string of the molecule is CCN(CC)c1ccc(/C=N/NC(=O)c2ccccc2)cc1. The van der Waals surface area contributed by atoms with Gasteiger partial charge in [0.25, 0.3) is 5.91 Å². The monoisotopic (exact) mass is 295 g/mol. The van der Waals surface area contributed by atoms with Crippen LogP contribution in [0.1, 0.15) is 29.8 Å². The Bertz CT molecular complexity index is 617. The van der Waals surface area contributed by atoms with Crippen molar-refractivity contribution < 1.29 is 4.79 Å². The van der Waals surface area contributed by atoms with E-state index in [-0.39, 0.29) is 5.91 Å². The topological polar surface area (TPSA) is 44.7 Å². The molecule has 0 aliphatic carbocycles. The fourth-order valence-electron chi connectivity index (χ4n) is 2.18. The predicted octanol–water partition coefficient (Wildman–Crippen LogP) is 3.30. The highest BCUT2D eigenvalue weighted by atomic mass is 16.2. The fourth-order valence-corrected chi connectivity index (χ4v) is 2.18. The molecule has 0 atom stereocenters. The van der Waals surface area contributed by atoms with Crippen LogP contribution in [0.25, 0.3) is 0 Å². The first-order chi connectivity index (χ1) is 10.7. The van der Waals surface area contributed by atoms with Gasteiger partial charge in [0, 0.05) is 24.3 Å². The van der Waals surface area contributed by atoms with Gasteiger partial charge in [-0.2, -0.15) is 5.10 Å². The van der Waals surface area contributed by atoms with Gasteiger partial charge in [-0.15, -0.1) is 0 Å². The van der Waals surface area contributed by atoms with Crippen molar-refractivity contribution in [2.45, 2.75) is 13.8 Å². The van der Waals surface area contributed by atoms with Crippen molar-refractivity contribution in [2.75, 3.05) is 18.0 Å². The van der Waals surface area contributed by atoms with Crippen LogP contribution >= 0.6 is 0 Å². The summed E-state index contributed by atoms with van der Waals surface area (Å²) >= 11 is 0. The number of nitrogens with one attached hydrogen (secondary N) is 1. The van der Waals surface area contributed by atoms with Crippen LogP contribution in [0.15, 0.2) is 59.7 Å². The molecule has 22 heavy (non-hydrogen) atoms. The van der Waals surface area contributed by atoms with E-state index in [1.807, 2.05) is 30.3 Å². The third-order valence-electron chi connectivity index (χ3n) is 3.44. The Hall–Kier alpha value is -2.62. The number of hydrogen-bond donors (Lipinski definition) is 1. The zero-order valence-corrected chi connectivity index (χ0v) is 13.0. The summed E-state index contributed by atoms with van der Waals surface area (Å²) < 4.78 is 0. The molecule has 0 saturated carbocycles. The van der Waals surface area contributed by atoms with Gasteiger partial charge in [0.1, 0.15) is 0 Å². The molecule has 4 heteroatoms. The van der Waals surface area contributed by atoms with E-state index < -0.39 is 0 Å². The molecular weight excluding hydrogens is 274 g/mol. The molecule has 0 saturated heterocycles. The van der Waals surface area contributed by atoms with Crippen LogP contribution in [-0.2, 0) is 0 Å². The second kappa shape index (κ2) is 7.98.